The first-order chi connectivity index (χ1) is 14.7. The lowest BCUT2D eigenvalue weighted by Gasteiger charge is -2.32. The number of hydroxylamine groups is 2. The zero-order valence-electron chi connectivity index (χ0n) is 18.4. The molecule has 1 aromatic rings. The summed E-state index contributed by atoms with van der Waals surface area (Å²) in [5.74, 6) is 0.996. The van der Waals surface area contributed by atoms with E-state index in [4.69, 9.17) is 9.15 Å². The molecule has 172 valence electrons. The molecule has 0 unspecified atom stereocenters. The van der Waals surface area contributed by atoms with Gasteiger partial charge in [-0.15, -0.1) is 10.2 Å². The smallest absolute Gasteiger partial charge is 0.407 e. The number of piperidine rings is 2. The van der Waals surface area contributed by atoms with E-state index in [1.807, 2.05) is 20.8 Å². The van der Waals surface area contributed by atoms with E-state index in [2.05, 4.69) is 20.4 Å². The van der Waals surface area contributed by atoms with Gasteiger partial charge in [0.1, 0.15) is 11.6 Å². The van der Waals surface area contributed by atoms with Crippen LogP contribution < -0.4 is 5.32 Å². The second-order valence-corrected chi connectivity index (χ2v) is 9.57. The predicted molar refractivity (Wildman–Crippen MR) is 108 cm³/mol. The van der Waals surface area contributed by atoms with Crippen LogP contribution in [0.15, 0.2) is 4.42 Å². The van der Waals surface area contributed by atoms with Gasteiger partial charge in [0.05, 0.1) is 6.04 Å². The molecule has 3 fully saturated rings. The number of aromatic nitrogens is 2. The second kappa shape index (κ2) is 8.62. The van der Waals surface area contributed by atoms with E-state index >= 15 is 0 Å². The summed E-state index contributed by atoms with van der Waals surface area (Å²) in [6.45, 7) is 8.60. The molecule has 2 N–H and O–H groups in total. The number of rotatable bonds is 5. The molecule has 3 aliphatic heterocycles. The van der Waals surface area contributed by atoms with Crippen LogP contribution in [0.25, 0.3) is 0 Å². The molecule has 1 aromatic heterocycles. The minimum Gasteiger partial charge on any atom is -0.444 e. The summed E-state index contributed by atoms with van der Waals surface area (Å²) < 4.78 is 11.2. The summed E-state index contributed by atoms with van der Waals surface area (Å²) >= 11 is 0. The van der Waals surface area contributed by atoms with Crippen molar-refractivity contribution in [2.45, 2.75) is 76.6 Å². The van der Waals surface area contributed by atoms with Gasteiger partial charge in [0.2, 0.25) is 11.8 Å². The Hall–Kier alpha value is -2.40. The van der Waals surface area contributed by atoms with Gasteiger partial charge in [0.25, 0.3) is 0 Å². The topological polar surface area (TPSA) is 124 Å². The van der Waals surface area contributed by atoms with Gasteiger partial charge in [-0.2, -0.15) is 0 Å². The van der Waals surface area contributed by atoms with E-state index in [0.29, 0.717) is 37.6 Å². The number of amides is 3. The first-order valence-electron chi connectivity index (χ1n) is 11.0. The van der Waals surface area contributed by atoms with Gasteiger partial charge >= 0.3 is 12.1 Å². The fraction of sp³-hybridized carbons (Fsp3) is 0.800. The van der Waals surface area contributed by atoms with Crippen molar-refractivity contribution in [1.29, 1.82) is 0 Å². The van der Waals surface area contributed by atoms with Crippen molar-refractivity contribution in [2.24, 2.45) is 0 Å². The molecule has 3 saturated heterocycles. The summed E-state index contributed by atoms with van der Waals surface area (Å²) in [6.07, 6.45) is 3.42. The SMILES string of the molecule is CC(C)(C)OC(=O)NC1CCN(CCc2nnc([C@@H]3CC[C@@H]4CN3C(=O)N4O)o2)CC1. The molecular formula is C20H32N6O5. The van der Waals surface area contributed by atoms with Crippen molar-refractivity contribution in [2.75, 3.05) is 26.2 Å². The number of urea groups is 1. The Labute approximate surface area is 181 Å². The van der Waals surface area contributed by atoms with Crippen LogP contribution >= 0.6 is 0 Å². The number of ether oxygens (including phenoxy) is 1. The summed E-state index contributed by atoms with van der Waals surface area (Å²) in [6, 6.07) is -0.675. The molecule has 4 rings (SSSR count). The third-order valence-electron chi connectivity index (χ3n) is 6.06. The van der Waals surface area contributed by atoms with E-state index in [1.165, 1.54) is 0 Å². The maximum absolute atomic E-state index is 12.1. The molecule has 2 atom stereocenters. The van der Waals surface area contributed by atoms with Crippen LogP contribution in [0.2, 0.25) is 0 Å². The number of hydrogen-bond donors (Lipinski definition) is 2. The number of alkyl carbamates (subject to hydrolysis) is 1. The monoisotopic (exact) mass is 436 g/mol. The average molecular weight is 437 g/mol. The van der Waals surface area contributed by atoms with Crippen LogP contribution in [-0.2, 0) is 11.2 Å². The molecule has 0 aromatic carbocycles. The fourth-order valence-electron chi connectivity index (χ4n) is 4.44. The van der Waals surface area contributed by atoms with Gasteiger partial charge in [-0.25, -0.2) is 14.7 Å². The van der Waals surface area contributed by atoms with Crippen molar-refractivity contribution in [3.8, 4) is 0 Å². The van der Waals surface area contributed by atoms with Gasteiger partial charge in [0.15, 0.2) is 0 Å². The van der Waals surface area contributed by atoms with E-state index in [-0.39, 0.29) is 24.2 Å². The van der Waals surface area contributed by atoms with Crippen molar-refractivity contribution < 1.29 is 24.0 Å². The molecule has 31 heavy (non-hydrogen) atoms. The van der Waals surface area contributed by atoms with Gasteiger partial charge in [0, 0.05) is 38.6 Å². The number of carbonyl (C=O) groups excluding carboxylic acids is 2. The maximum Gasteiger partial charge on any atom is 0.407 e. The standard InChI is InChI=1S/C20H32N6O5/c1-20(2,3)31-18(27)21-13-6-9-24(10-7-13)11-8-16-22-23-17(30-16)15-5-4-14-12-25(15)19(28)26(14)29/h13-15,29H,4-12H2,1-3H3,(H,21,27)/t14-,15+/m1/s1. The third-order valence-corrected chi connectivity index (χ3v) is 6.06. The molecule has 0 aliphatic carbocycles. The fourth-order valence-corrected chi connectivity index (χ4v) is 4.44. The Morgan fingerprint density at radius 2 is 1.97 bits per heavy atom. The summed E-state index contributed by atoms with van der Waals surface area (Å²) in [4.78, 5) is 28.0. The van der Waals surface area contributed by atoms with Gasteiger partial charge in [-0.05, 0) is 46.5 Å². The largest absolute Gasteiger partial charge is 0.444 e. The van der Waals surface area contributed by atoms with Crippen LogP contribution in [-0.4, -0.2) is 86.3 Å². The van der Waals surface area contributed by atoms with Crippen molar-refractivity contribution in [3.05, 3.63) is 11.8 Å². The van der Waals surface area contributed by atoms with Gasteiger partial charge in [-0.1, -0.05) is 0 Å². The number of fused-ring (bicyclic) bond motifs is 2. The number of hydrogen-bond acceptors (Lipinski definition) is 8. The second-order valence-electron chi connectivity index (χ2n) is 9.57. The van der Waals surface area contributed by atoms with Crippen LogP contribution in [0.4, 0.5) is 9.59 Å². The Balaban J connectivity index is 1.21. The quantitative estimate of drug-likeness (QED) is 0.671. The third kappa shape index (κ3) is 5.09. The summed E-state index contributed by atoms with van der Waals surface area (Å²) in [5.41, 5.74) is -0.493. The van der Waals surface area contributed by atoms with Crippen LogP contribution in [0.3, 0.4) is 0 Å². The van der Waals surface area contributed by atoms with E-state index < -0.39 is 11.6 Å². The highest BCUT2D eigenvalue weighted by atomic mass is 16.6. The number of likely N-dealkylation sites (tertiary alicyclic amines) is 1. The molecule has 3 aliphatic rings. The van der Waals surface area contributed by atoms with Crippen molar-refractivity contribution >= 4 is 12.1 Å². The van der Waals surface area contributed by atoms with Gasteiger partial charge < -0.3 is 24.3 Å². The van der Waals surface area contributed by atoms with Crippen molar-refractivity contribution in [3.63, 3.8) is 0 Å². The Bertz CT molecular complexity index is 800. The number of nitrogens with one attached hydrogen (secondary N) is 1. The lowest BCUT2D eigenvalue weighted by molar-refractivity contribution is -0.0584. The van der Waals surface area contributed by atoms with Gasteiger partial charge in [-0.3, -0.25) is 5.21 Å². The highest BCUT2D eigenvalue weighted by molar-refractivity contribution is 5.76. The van der Waals surface area contributed by atoms with E-state index in [0.717, 1.165) is 37.5 Å². The van der Waals surface area contributed by atoms with Crippen LogP contribution in [0.5, 0.6) is 0 Å². The Morgan fingerprint density at radius 3 is 2.68 bits per heavy atom. The number of carbonyl (C=O) groups is 2. The molecule has 0 spiro atoms. The average Bonchev–Trinajstić information content (AvgIpc) is 3.26. The molecule has 0 saturated carbocycles. The molecular weight excluding hydrogens is 404 g/mol. The zero-order valence-corrected chi connectivity index (χ0v) is 18.4. The number of nitrogens with zero attached hydrogens (tertiary/aromatic N) is 5. The van der Waals surface area contributed by atoms with E-state index in [9.17, 15) is 14.8 Å². The molecule has 3 amide bonds. The first-order valence-corrected chi connectivity index (χ1v) is 11.0. The normalized spacial score (nSPS) is 25.2. The predicted octanol–water partition coefficient (Wildman–Crippen LogP) is 1.93. The minimum absolute atomic E-state index is 0.125. The van der Waals surface area contributed by atoms with Crippen LogP contribution in [0, 0.1) is 0 Å². The lowest BCUT2D eigenvalue weighted by Crippen LogP contribution is -2.46. The molecule has 11 heteroatoms. The summed E-state index contributed by atoms with van der Waals surface area (Å²) in [7, 11) is 0. The van der Waals surface area contributed by atoms with Crippen molar-refractivity contribution in [1.82, 2.24) is 30.4 Å². The Kier molecular flexibility index (Phi) is 6.07. The van der Waals surface area contributed by atoms with Crippen LogP contribution in [0.1, 0.15) is 64.3 Å². The maximum atomic E-state index is 12.1. The molecule has 11 nitrogen and oxygen atoms in total. The molecule has 2 bridgehead atoms. The van der Waals surface area contributed by atoms with E-state index in [1.54, 1.807) is 4.90 Å². The highest BCUT2D eigenvalue weighted by Crippen LogP contribution is 2.36. The lowest BCUT2D eigenvalue weighted by atomic mass is 10.0. The summed E-state index contributed by atoms with van der Waals surface area (Å²) in [5, 5.41) is 21.9. The minimum atomic E-state index is -0.493. The molecule has 4 heterocycles. The zero-order chi connectivity index (χ0) is 22.2. The first kappa shape index (κ1) is 21.8. The Morgan fingerprint density at radius 1 is 1.23 bits per heavy atom. The highest BCUT2D eigenvalue weighted by Gasteiger charge is 2.46. The molecule has 0 radical (unpaired) electrons.